The van der Waals surface area contributed by atoms with Crippen LogP contribution < -0.4 is 11.1 Å². The molecule has 1 aromatic rings. The molecule has 1 aliphatic carbocycles. The number of hydrogen-bond donors (Lipinski definition) is 3. The first-order chi connectivity index (χ1) is 10.5. The predicted octanol–water partition coefficient (Wildman–Crippen LogP) is 2.54. The topological polar surface area (TPSA) is 118 Å². The highest BCUT2D eigenvalue weighted by Crippen LogP contribution is 2.39. The van der Waals surface area contributed by atoms with Crippen molar-refractivity contribution in [3.8, 4) is 5.75 Å². The summed E-state index contributed by atoms with van der Waals surface area (Å²) in [7, 11) is 0. The van der Waals surface area contributed by atoms with Crippen molar-refractivity contribution in [2.75, 3.05) is 11.9 Å². The average molecular weight is 307 g/mol. The van der Waals surface area contributed by atoms with E-state index in [9.17, 15) is 20.0 Å². The lowest BCUT2D eigenvalue weighted by molar-refractivity contribution is -0.384. The fraction of sp³-hybridized carbons (Fsp3) is 0.533. The first-order valence-corrected chi connectivity index (χ1v) is 7.43. The zero-order valence-corrected chi connectivity index (χ0v) is 12.4. The van der Waals surface area contributed by atoms with Gasteiger partial charge in [-0.15, -0.1) is 0 Å². The van der Waals surface area contributed by atoms with E-state index in [1.165, 1.54) is 12.1 Å². The average Bonchev–Trinajstić information content (AvgIpc) is 2.50. The minimum absolute atomic E-state index is 0.0576. The number of anilines is 1. The van der Waals surface area contributed by atoms with Crippen LogP contribution in [-0.4, -0.2) is 22.5 Å². The molecular weight excluding hydrogens is 286 g/mol. The molecule has 7 nitrogen and oxygen atoms in total. The van der Waals surface area contributed by atoms with Gasteiger partial charge in [0.05, 0.1) is 10.6 Å². The molecule has 22 heavy (non-hydrogen) atoms. The van der Waals surface area contributed by atoms with E-state index < -0.39 is 4.92 Å². The number of amides is 1. The largest absolute Gasteiger partial charge is 0.506 e. The number of benzene rings is 1. The van der Waals surface area contributed by atoms with E-state index in [2.05, 4.69) is 5.32 Å². The quantitative estimate of drug-likeness (QED) is 0.439. The van der Waals surface area contributed by atoms with Crippen molar-refractivity contribution in [1.29, 1.82) is 0 Å². The number of nitrogens with two attached hydrogens (primary N) is 1. The Morgan fingerprint density at radius 2 is 2.05 bits per heavy atom. The molecule has 0 aliphatic heterocycles. The van der Waals surface area contributed by atoms with Crippen LogP contribution in [0.15, 0.2) is 18.2 Å². The number of nitro benzene ring substituents is 1. The molecule has 4 N–H and O–H groups in total. The van der Waals surface area contributed by atoms with Gasteiger partial charge >= 0.3 is 0 Å². The fourth-order valence-corrected chi connectivity index (χ4v) is 3.03. The number of phenolic OH excluding ortho intramolecular Hbond substituents is 1. The summed E-state index contributed by atoms with van der Waals surface area (Å²) in [6, 6.07) is 3.55. The lowest BCUT2D eigenvalue weighted by Gasteiger charge is -2.35. The highest BCUT2D eigenvalue weighted by atomic mass is 16.6. The van der Waals surface area contributed by atoms with Crippen LogP contribution in [0.3, 0.4) is 0 Å². The molecule has 0 atom stereocenters. The molecule has 0 aromatic heterocycles. The highest BCUT2D eigenvalue weighted by Gasteiger charge is 2.33. The molecule has 1 aromatic carbocycles. The lowest BCUT2D eigenvalue weighted by atomic mass is 9.71. The second-order valence-electron chi connectivity index (χ2n) is 5.95. The number of rotatable bonds is 5. The highest BCUT2D eigenvalue weighted by molar-refractivity contribution is 5.93. The van der Waals surface area contributed by atoms with Gasteiger partial charge in [-0.3, -0.25) is 14.9 Å². The molecule has 1 fully saturated rings. The van der Waals surface area contributed by atoms with E-state index in [0.717, 1.165) is 38.2 Å². The molecule has 0 unspecified atom stereocenters. The lowest BCUT2D eigenvalue weighted by Crippen LogP contribution is -2.36. The van der Waals surface area contributed by atoms with Crippen molar-refractivity contribution >= 4 is 17.3 Å². The van der Waals surface area contributed by atoms with E-state index in [1.54, 1.807) is 0 Å². The van der Waals surface area contributed by atoms with E-state index in [-0.39, 0.29) is 34.9 Å². The number of carbonyl (C=O) groups is 1. The van der Waals surface area contributed by atoms with Crippen molar-refractivity contribution in [2.45, 2.75) is 38.5 Å². The Morgan fingerprint density at radius 1 is 1.36 bits per heavy atom. The number of hydrogen-bond acceptors (Lipinski definition) is 5. The number of phenols is 1. The molecule has 0 heterocycles. The molecule has 120 valence electrons. The number of carbonyl (C=O) groups excluding carboxylic acids is 1. The first-order valence-electron chi connectivity index (χ1n) is 7.43. The number of nitrogens with zero attached hydrogens (tertiary/aromatic N) is 1. The summed E-state index contributed by atoms with van der Waals surface area (Å²) in [6.07, 6.45) is 5.38. The summed E-state index contributed by atoms with van der Waals surface area (Å²) in [5.74, 6) is -0.465. The van der Waals surface area contributed by atoms with Crippen molar-refractivity contribution < 1.29 is 14.8 Å². The van der Waals surface area contributed by atoms with Gasteiger partial charge < -0.3 is 16.2 Å². The van der Waals surface area contributed by atoms with Crippen LogP contribution in [0.2, 0.25) is 0 Å². The van der Waals surface area contributed by atoms with Crippen LogP contribution in [-0.2, 0) is 4.79 Å². The number of aromatic hydroxyl groups is 1. The van der Waals surface area contributed by atoms with Gasteiger partial charge in [-0.1, -0.05) is 19.3 Å². The molecule has 0 bridgehead atoms. The van der Waals surface area contributed by atoms with Crippen molar-refractivity contribution in [2.24, 2.45) is 11.1 Å². The molecule has 7 heteroatoms. The Morgan fingerprint density at radius 3 is 2.64 bits per heavy atom. The second kappa shape index (κ2) is 6.74. The number of non-ortho nitro benzene ring substituents is 1. The molecule has 1 saturated carbocycles. The summed E-state index contributed by atoms with van der Waals surface area (Å²) >= 11 is 0. The van der Waals surface area contributed by atoms with Crippen LogP contribution in [0, 0.1) is 15.5 Å². The Labute approximate surface area is 128 Å². The maximum Gasteiger partial charge on any atom is 0.271 e. The summed E-state index contributed by atoms with van der Waals surface area (Å²) in [4.78, 5) is 22.4. The van der Waals surface area contributed by atoms with Crippen LogP contribution in [0.5, 0.6) is 5.75 Å². The van der Waals surface area contributed by atoms with Crippen molar-refractivity contribution in [1.82, 2.24) is 0 Å². The smallest absolute Gasteiger partial charge is 0.271 e. The molecular formula is C15H21N3O4. The van der Waals surface area contributed by atoms with Gasteiger partial charge in [0, 0.05) is 18.6 Å². The van der Waals surface area contributed by atoms with Crippen LogP contribution in [0.1, 0.15) is 38.5 Å². The van der Waals surface area contributed by atoms with E-state index in [1.807, 2.05) is 0 Å². The third-order valence-corrected chi connectivity index (χ3v) is 4.35. The Hall–Kier alpha value is -2.15. The normalized spacial score (nSPS) is 17.0. The number of nitro groups is 1. The maximum atomic E-state index is 12.2. The van der Waals surface area contributed by atoms with Gasteiger partial charge in [0.1, 0.15) is 5.75 Å². The van der Waals surface area contributed by atoms with E-state index in [4.69, 9.17) is 5.73 Å². The summed E-state index contributed by atoms with van der Waals surface area (Å²) in [6.45, 7) is 0.446. The van der Waals surface area contributed by atoms with Gasteiger partial charge in [0.15, 0.2) is 0 Å². The second-order valence-corrected chi connectivity index (χ2v) is 5.95. The predicted molar refractivity (Wildman–Crippen MR) is 82.6 cm³/mol. The fourth-order valence-electron chi connectivity index (χ4n) is 3.03. The molecule has 1 amide bonds. The monoisotopic (exact) mass is 307 g/mol. The standard InChI is InChI=1S/C15H21N3O4/c16-10-15(6-2-1-3-7-15)9-14(20)17-12-8-11(18(21)22)4-5-13(12)19/h4-5,8,19H,1-3,6-7,9-10,16H2,(H,17,20). The van der Waals surface area contributed by atoms with Gasteiger partial charge in [-0.25, -0.2) is 0 Å². The summed E-state index contributed by atoms with van der Waals surface area (Å²) in [5.41, 5.74) is 5.54. The molecule has 1 aliphatic rings. The summed E-state index contributed by atoms with van der Waals surface area (Å²) in [5, 5.41) is 23.1. The van der Waals surface area contributed by atoms with E-state index in [0.29, 0.717) is 6.54 Å². The van der Waals surface area contributed by atoms with Gasteiger partial charge in [0.25, 0.3) is 5.69 Å². The Balaban J connectivity index is 2.08. The van der Waals surface area contributed by atoms with Crippen LogP contribution in [0.4, 0.5) is 11.4 Å². The van der Waals surface area contributed by atoms with Crippen molar-refractivity contribution in [3.05, 3.63) is 28.3 Å². The van der Waals surface area contributed by atoms with Crippen molar-refractivity contribution in [3.63, 3.8) is 0 Å². The van der Waals surface area contributed by atoms with Gasteiger partial charge in [-0.05, 0) is 30.9 Å². The third-order valence-electron chi connectivity index (χ3n) is 4.35. The SMILES string of the molecule is NCC1(CC(=O)Nc2cc([N+](=O)[O-])ccc2O)CCCCC1. The molecule has 0 spiro atoms. The molecule has 2 rings (SSSR count). The zero-order valence-electron chi connectivity index (χ0n) is 12.4. The van der Waals surface area contributed by atoms with Crippen LogP contribution in [0.25, 0.3) is 0 Å². The van der Waals surface area contributed by atoms with Gasteiger partial charge in [-0.2, -0.15) is 0 Å². The van der Waals surface area contributed by atoms with Crippen LogP contribution >= 0.6 is 0 Å². The van der Waals surface area contributed by atoms with E-state index >= 15 is 0 Å². The summed E-state index contributed by atoms with van der Waals surface area (Å²) < 4.78 is 0. The van der Waals surface area contributed by atoms with Gasteiger partial charge in [0.2, 0.25) is 5.91 Å². The zero-order chi connectivity index (χ0) is 16.2. The first kappa shape index (κ1) is 16.2. The minimum atomic E-state index is -0.572. The Bertz CT molecular complexity index is 568. The minimum Gasteiger partial charge on any atom is -0.506 e. The number of nitrogens with one attached hydrogen (secondary N) is 1. The Kier molecular flexibility index (Phi) is 4.97. The maximum absolute atomic E-state index is 12.2. The third kappa shape index (κ3) is 3.73. The molecule has 0 saturated heterocycles. The molecule has 0 radical (unpaired) electrons.